The molecule has 2 radical (unpaired) electrons. The summed E-state index contributed by atoms with van der Waals surface area (Å²) in [5, 5.41) is 0. The van der Waals surface area contributed by atoms with Gasteiger partial charge in [0, 0.05) is 0 Å². The Morgan fingerprint density at radius 1 is 0.833 bits per heavy atom. The molecule has 0 spiro atoms. The van der Waals surface area contributed by atoms with Crippen LogP contribution in [0.3, 0.4) is 0 Å². The molecule has 0 amide bonds. The van der Waals surface area contributed by atoms with Gasteiger partial charge in [-0.3, -0.25) is 0 Å². The molecule has 12 heavy (non-hydrogen) atoms. The number of hydrogen-bond acceptors (Lipinski definition) is 0. The maximum atomic E-state index is 2.28. The molecule has 0 fully saturated rings. The van der Waals surface area contributed by atoms with Crippen molar-refractivity contribution in [2.45, 2.75) is 51.9 Å². The summed E-state index contributed by atoms with van der Waals surface area (Å²) in [6.45, 7) is 4.52. The van der Waals surface area contributed by atoms with Gasteiger partial charge >= 0.3 is 0 Å². The summed E-state index contributed by atoms with van der Waals surface area (Å²) >= 11 is 0. The molecule has 0 saturated heterocycles. The molecule has 0 N–H and O–H groups in total. The molecule has 2 heteroatoms. The molecule has 0 atom stereocenters. The van der Waals surface area contributed by atoms with Crippen molar-refractivity contribution in [1.29, 1.82) is 0 Å². The standard InChI is InChI=1S/C10H22P2/c1-3-4-5-6-7-8-9-10-12-11-2/h3-10H2,1-2H3. The number of rotatable bonds is 9. The Hall–Kier alpha value is 0.860. The van der Waals surface area contributed by atoms with Crippen molar-refractivity contribution in [2.24, 2.45) is 0 Å². The monoisotopic (exact) mass is 204 g/mol. The molecule has 0 aromatic heterocycles. The Labute approximate surface area is 81.7 Å². The van der Waals surface area contributed by atoms with E-state index < -0.39 is 0 Å². The number of hydrogen-bond donors (Lipinski definition) is 0. The summed E-state index contributed by atoms with van der Waals surface area (Å²) in [5.41, 5.74) is 0. The van der Waals surface area contributed by atoms with Crippen LogP contribution in [0.5, 0.6) is 0 Å². The molecule has 0 rings (SSSR count). The molecule has 0 aromatic carbocycles. The zero-order valence-corrected chi connectivity index (χ0v) is 10.3. The second kappa shape index (κ2) is 11.9. The van der Waals surface area contributed by atoms with Gasteiger partial charge in [-0.15, -0.1) is 0 Å². The van der Waals surface area contributed by atoms with Gasteiger partial charge in [-0.1, -0.05) is 45.4 Å². The van der Waals surface area contributed by atoms with E-state index in [-0.39, 0.29) is 0 Å². The van der Waals surface area contributed by atoms with Gasteiger partial charge in [0.15, 0.2) is 0 Å². The summed E-state index contributed by atoms with van der Waals surface area (Å²) in [6, 6.07) is 0. The van der Waals surface area contributed by atoms with Gasteiger partial charge < -0.3 is 0 Å². The molecule has 0 nitrogen and oxygen atoms in total. The van der Waals surface area contributed by atoms with Gasteiger partial charge in [-0.2, -0.15) is 0 Å². The van der Waals surface area contributed by atoms with Crippen LogP contribution in [0.15, 0.2) is 0 Å². The van der Waals surface area contributed by atoms with Crippen molar-refractivity contribution in [2.75, 3.05) is 12.8 Å². The van der Waals surface area contributed by atoms with Crippen LogP contribution in [0.4, 0.5) is 0 Å². The number of unbranched alkanes of at least 4 members (excludes halogenated alkanes) is 6. The highest BCUT2D eigenvalue weighted by Gasteiger charge is 1.90. The average molecular weight is 204 g/mol. The summed E-state index contributed by atoms with van der Waals surface area (Å²) in [4.78, 5) is 0. The Morgan fingerprint density at radius 2 is 1.42 bits per heavy atom. The van der Waals surface area contributed by atoms with Crippen LogP contribution in [0, 0.1) is 0 Å². The Bertz CT molecular complexity index is 64.2. The summed E-state index contributed by atoms with van der Waals surface area (Å²) < 4.78 is 0. The normalized spacial score (nSPS) is 12.5. The van der Waals surface area contributed by atoms with Gasteiger partial charge in [-0.05, 0) is 35.8 Å². The average Bonchev–Trinajstić information content (AvgIpc) is 2.10. The van der Waals surface area contributed by atoms with Gasteiger partial charge in [0.2, 0.25) is 0 Å². The predicted molar refractivity (Wildman–Crippen MR) is 62.6 cm³/mol. The van der Waals surface area contributed by atoms with E-state index in [4.69, 9.17) is 0 Å². The van der Waals surface area contributed by atoms with Gasteiger partial charge in [0.25, 0.3) is 0 Å². The van der Waals surface area contributed by atoms with Crippen LogP contribution in [0.2, 0.25) is 0 Å². The first-order valence-electron chi connectivity index (χ1n) is 5.17. The van der Waals surface area contributed by atoms with E-state index in [2.05, 4.69) is 13.6 Å². The lowest BCUT2D eigenvalue weighted by Crippen LogP contribution is -1.80. The highest BCUT2D eigenvalue weighted by molar-refractivity contribution is 8.11. The quantitative estimate of drug-likeness (QED) is 0.359. The molecule has 0 bridgehead atoms. The highest BCUT2D eigenvalue weighted by Crippen LogP contribution is 2.33. The van der Waals surface area contributed by atoms with E-state index in [9.17, 15) is 0 Å². The van der Waals surface area contributed by atoms with E-state index in [0.29, 0.717) is 0 Å². The fraction of sp³-hybridized carbons (Fsp3) is 1.00. The van der Waals surface area contributed by atoms with Crippen LogP contribution < -0.4 is 0 Å². The van der Waals surface area contributed by atoms with Crippen LogP contribution >= 0.6 is 16.5 Å². The van der Waals surface area contributed by atoms with Crippen LogP contribution in [0.25, 0.3) is 0 Å². The van der Waals surface area contributed by atoms with Gasteiger partial charge in [0.05, 0.1) is 0 Å². The van der Waals surface area contributed by atoms with Crippen molar-refractivity contribution in [1.82, 2.24) is 0 Å². The Kier molecular flexibility index (Phi) is 12.7. The maximum Gasteiger partial charge on any atom is -0.0242 e. The van der Waals surface area contributed by atoms with E-state index in [1.165, 1.54) is 51.1 Å². The Morgan fingerprint density at radius 3 is 2.00 bits per heavy atom. The fourth-order valence-corrected chi connectivity index (χ4v) is 2.83. The highest BCUT2D eigenvalue weighted by atomic mass is 32.0. The second-order valence-corrected chi connectivity index (χ2v) is 6.36. The fourth-order valence-electron chi connectivity index (χ4n) is 1.24. The van der Waals surface area contributed by atoms with Crippen molar-refractivity contribution in [3.63, 3.8) is 0 Å². The third-order valence-corrected chi connectivity index (χ3v) is 4.25. The zero-order valence-electron chi connectivity index (χ0n) is 8.55. The van der Waals surface area contributed by atoms with E-state index >= 15 is 0 Å². The van der Waals surface area contributed by atoms with E-state index in [1.807, 2.05) is 0 Å². The molecule has 0 aromatic rings. The predicted octanol–water partition coefficient (Wildman–Crippen LogP) is 5.17. The zero-order chi connectivity index (χ0) is 9.07. The largest absolute Gasteiger partial charge is 0.0654 e. The molecular weight excluding hydrogens is 182 g/mol. The molecule has 0 aliphatic carbocycles. The van der Waals surface area contributed by atoms with Crippen LogP contribution in [-0.2, 0) is 0 Å². The third kappa shape index (κ3) is 10.9. The molecule has 0 heterocycles. The summed E-state index contributed by atoms with van der Waals surface area (Å²) in [6.07, 6.45) is 11.5. The second-order valence-electron chi connectivity index (χ2n) is 3.19. The van der Waals surface area contributed by atoms with Gasteiger partial charge in [0.1, 0.15) is 0 Å². The molecule has 0 aliphatic rings. The van der Waals surface area contributed by atoms with Crippen molar-refractivity contribution in [3.8, 4) is 0 Å². The lowest BCUT2D eigenvalue weighted by Gasteiger charge is -1.99. The third-order valence-electron chi connectivity index (χ3n) is 2.00. The lowest BCUT2D eigenvalue weighted by molar-refractivity contribution is 0.603. The SMILES string of the molecule is CCCCCCCCC[P][P]C. The Balaban J connectivity index is 2.73. The van der Waals surface area contributed by atoms with Crippen molar-refractivity contribution >= 4 is 16.5 Å². The van der Waals surface area contributed by atoms with Crippen LogP contribution in [-0.4, -0.2) is 12.8 Å². The minimum absolute atomic E-state index is 1.37. The van der Waals surface area contributed by atoms with Crippen LogP contribution in [0.1, 0.15) is 51.9 Å². The topological polar surface area (TPSA) is 0 Å². The molecule has 0 aliphatic heterocycles. The molecule has 0 unspecified atom stereocenters. The van der Waals surface area contributed by atoms with Gasteiger partial charge in [-0.25, -0.2) is 0 Å². The first-order chi connectivity index (χ1) is 5.91. The van der Waals surface area contributed by atoms with E-state index in [0.717, 1.165) is 0 Å². The minimum atomic E-state index is 1.37. The molecular formula is C10H22P2. The van der Waals surface area contributed by atoms with E-state index in [1.54, 1.807) is 16.5 Å². The first-order valence-corrected chi connectivity index (χ1v) is 8.30. The molecule has 0 saturated carbocycles. The maximum absolute atomic E-state index is 2.28. The van der Waals surface area contributed by atoms with Crippen molar-refractivity contribution in [3.05, 3.63) is 0 Å². The summed E-state index contributed by atoms with van der Waals surface area (Å²) in [7, 11) is 3.17. The summed E-state index contributed by atoms with van der Waals surface area (Å²) in [5.74, 6) is 0. The minimum Gasteiger partial charge on any atom is -0.0654 e. The first kappa shape index (κ1) is 12.9. The molecule has 72 valence electrons. The lowest BCUT2D eigenvalue weighted by atomic mass is 10.1. The smallest absolute Gasteiger partial charge is 0.0242 e. The van der Waals surface area contributed by atoms with Crippen molar-refractivity contribution < 1.29 is 0 Å².